The third-order valence-corrected chi connectivity index (χ3v) is 3.76. The quantitative estimate of drug-likeness (QED) is 0.827. The van der Waals surface area contributed by atoms with Crippen molar-refractivity contribution in [1.82, 2.24) is 4.98 Å². The minimum Gasteiger partial charge on any atom is -0.392 e. The van der Waals surface area contributed by atoms with Gasteiger partial charge in [-0.2, -0.15) is 0 Å². The number of aliphatic hydroxyl groups excluding tert-OH is 1. The van der Waals surface area contributed by atoms with Gasteiger partial charge in [0, 0.05) is 18.2 Å². The predicted molar refractivity (Wildman–Crippen MR) is 58.6 cm³/mol. The maximum Gasteiger partial charge on any atom is 0.142 e. The zero-order chi connectivity index (χ0) is 11.1. The summed E-state index contributed by atoms with van der Waals surface area (Å²) >= 11 is 0. The van der Waals surface area contributed by atoms with Crippen molar-refractivity contribution >= 4 is 5.82 Å². The summed E-state index contributed by atoms with van der Waals surface area (Å²) in [7, 11) is 0. The lowest BCUT2D eigenvalue weighted by molar-refractivity contribution is 0.280. The maximum absolute atomic E-state index is 13.0. The molecule has 1 aromatic rings. The van der Waals surface area contributed by atoms with Crippen molar-refractivity contribution in [3.63, 3.8) is 0 Å². The van der Waals surface area contributed by atoms with Crippen LogP contribution in [-0.2, 0) is 6.61 Å². The number of rotatable bonds is 2. The molecule has 1 saturated carbocycles. The van der Waals surface area contributed by atoms with Crippen molar-refractivity contribution < 1.29 is 9.50 Å². The fraction of sp³-hybridized carbons (Fsp3) is 0.583. The first-order valence-electron chi connectivity index (χ1n) is 5.80. The number of piperidine rings is 1. The molecule has 2 bridgehead atoms. The summed E-state index contributed by atoms with van der Waals surface area (Å²) in [5, 5.41) is 9.24. The number of aliphatic hydroxyl groups is 1. The molecule has 1 saturated heterocycles. The second-order valence-corrected chi connectivity index (χ2v) is 4.78. The van der Waals surface area contributed by atoms with E-state index in [0.717, 1.165) is 18.3 Å². The lowest BCUT2D eigenvalue weighted by atomic mass is 10.1. The molecule has 2 atom stereocenters. The number of fused-ring (bicyclic) bond motifs is 2. The highest BCUT2D eigenvalue weighted by atomic mass is 19.1. The summed E-state index contributed by atoms with van der Waals surface area (Å²) in [6.07, 6.45) is 4.97. The first-order chi connectivity index (χ1) is 7.78. The van der Waals surface area contributed by atoms with E-state index in [1.54, 1.807) is 0 Å². The number of aromatic nitrogens is 1. The van der Waals surface area contributed by atoms with Crippen LogP contribution in [0.4, 0.5) is 10.2 Å². The molecular weight excluding hydrogens is 207 g/mol. The first-order valence-corrected chi connectivity index (χ1v) is 5.80. The Bertz CT molecular complexity index is 410. The van der Waals surface area contributed by atoms with Crippen molar-refractivity contribution in [3.05, 3.63) is 23.6 Å². The SMILES string of the molecule is OCc1cc(F)cnc1N1CC2CCC1C2. The van der Waals surface area contributed by atoms with Crippen LogP contribution < -0.4 is 4.90 Å². The van der Waals surface area contributed by atoms with E-state index < -0.39 is 0 Å². The molecule has 2 aliphatic rings. The lowest BCUT2D eigenvalue weighted by Crippen LogP contribution is -2.33. The van der Waals surface area contributed by atoms with E-state index in [9.17, 15) is 9.50 Å². The number of hydrogen-bond acceptors (Lipinski definition) is 3. The topological polar surface area (TPSA) is 36.4 Å². The van der Waals surface area contributed by atoms with Crippen LogP contribution in [0.2, 0.25) is 0 Å². The molecule has 0 spiro atoms. The smallest absolute Gasteiger partial charge is 0.142 e. The van der Waals surface area contributed by atoms with Gasteiger partial charge in [0.2, 0.25) is 0 Å². The number of pyridine rings is 1. The molecule has 3 nitrogen and oxygen atoms in total. The van der Waals surface area contributed by atoms with Gasteiger partial charge in [-0.05, 0) is 31.2 Å². The third kappa shape index (κ3) is 1.48. The Morgan fingerprint density at radius 1 is 1.50 bits per heavy atom. The second-order valence-electron chi connectivity index (χ2n) is 4.78. The minimum atomic E-state index is -0.378. The predicted octanol–water partition coefficient (Wildman–Crippen LogP) is 1.70. The number of anilines is 1. The molecule has 4 heteroatoms. The van der Waals surface area contributed by atoms with E-state index >= 15 is 0 Å². The molecule has 0 radical (unpaired) electrons. The van der Waals surface area contributed by atoms with Gasteiger partial charge in [-0.25, -0.2) is 9.37 Å². The highest BCUT2D eigenvalue weighted by Crippen LogP contribution is 2.40. The number of halogens is 1. The number of hydrogen-bond donors (Lipinski definition) is 1. The van der Waals surface area contributed by atoms with Gasteiger partial charge in [-0.3, -0.25) is 0 Å². The van der Waals surface area contributed by atoms with Crippen LogP contribution in [0.25, 0.3) is 0 Å². The van der Waals surface area contributed by atoms with E-state index in [2.05, 4.69) is 9.88 Å². The summed E-state index contributed by atoms with van der Waals surface area (Å²) in [5.41, 5.74) is 0.604. The molecular formula is C12H15FN2O. The summed E-state index contributed by atoms with van der Waals surface area (Å²) in [4.78, 5) is 6.38. The molecule has 3 rings (SSSR count). The van der Waals surface area contributed by atoms with Crippen LogP contribution >= 0.6 is 0 Å². The van der Waals surface area contributed by atoms with E-state index in [-0.39, 0.29) is 12.4 Å². The van der Waals surface area contributed by atoms with Gasteiger partial charge in [0.25, 0.3) is 0 Å². The Kier molecular flexibility index (Phi) is 2.32. The van der Waals surface area contributed by atoms with E-state index in [4.69, 9.17) is 0 Å². The zero-order valence-electron chi connectivity index (χ0n) is 9.06. The highest BCUT2D eigenvalue weighted by Gasteiger charge is 2.39. The van der Waals surface area contributed by atoms with Crippen molar-refractivity contribution in [2.45, 2.75) is 31.9 Å². The van der Waals surface area contributed by atoms with Gasteiger partial charge in [0.15, 0.2) is 0 Å². The third-order valence-electron chi connectivity index (χ3n) is 3.76. The van der Waals surface area contributed by atoms with Crippen LogP contribution in [0.3, 0.4) is 0 Å². The Hall–Kier alpha value is -1.16. The maximum atomic E-state index is 13.0. The Morgan fingerprint density at radius 2 is 2.38 bits per heavy atom. The molecule has 2 heterocycles. The summed E-state index contributed by atoms with van der Waals surface area (Å²) in [6.45, 7) is 0.865. The van der Waals surface area contributed by atoms with Crippen LogP contribution in [0.15, 0.2) is 12.3 Å². The molecule has 2 unspecified atom stereocenters. The molecule has 2 fully saturated rings. The van der Waals surface area contributed by atoms with Gasteiger partial charge in [0.1, 0.15) is 11.6 Å². The average molecular weight is 222 g/mol. The molecule has 0 aromatic carbocycles. The van der Waals surface area contributed by atoms with Crippen molar-refractivity contribution in [1.29, 1.82) is 0 Å². The van der Waals surface area contributed by atoms with Crippen molar-refractivity contribution in [2.75, 3.05) is 11.4 Å². The molecule has 1 N–H and O–H groups in total. The summed E-state index contributed by atoms with van der Waals surface area (Å²) in [6, 6.07) is 1.93. The monoisotopic (exact) mass is 222 g/mol. The van der Waals surface area contributed by atoms with Crippen LogP contribution in [0, 0.1) is 11.7 Å². The van der Waals surface area contributed by atoms with Crippen molar-refractivity contribution in [2.24, 2.45) is 5.92 Å². The van der Waals surface area contributed by atoms with Gasteiger partial charge in [-0.1, -0.05) is 0 Å². The fourth-order valence-electron chi connectivity index (χ4n) is 3.03. The van der Waals surface area contributed by atoms with Gasteiger partial charge < -0.3 is 10.0 Å². The van der Waals surface area contributed by atoms with Gasteiger partial charge in [-0.15, -0.1) is 0 Å². The number of nitrogens with zero attached hydrogens (tertiary/aromatic N) is 2. The van der Waals surface area contributed by atoms with E-state index in [1.165, 1.54) is 31.5 Å². The van der Waals surface area contributed by atoms with E-state index in [0.29, 0.717) is 11.6 Å². The average Bonchev–Trinajstić information content (AvgIpc) is 2.90. The van der Waals surface area contributed by atoms with Crippen LogP contribution in [-0.4, -0.2) is 22.7 Å². The second kappa shape index (κ2) is 3.70. The molecule has 1 aliphatic carbocycles. The molecule has 0 amide bonds. The van der Waals surface area contributed by atoms with Crippen LogP contribution in [0.5, 0.6) is 0 Å². The minimum absolute atomic E-state index is 0.145. The normalized spacial score (nSPS) is 27.8. The molecule has 86 valence electrons. The molecule has 1 aromatic heterocycles. The standard InChI is InChI=1S/C12H15FN2O/c13-10-4-9(7-16)12(14-5-10)15-6-8-1-2-11(15)3-8/h4-5,8,11,16H,1-3,6-7H2. The highest BCUT2D eigenvalue weighted by molar-refractivity contribution is 5.49. The van der Waals surface area contributed by atoms with Gasteiger partial charge in [0.05, 0.1) is 12.8 Å². The Morgan fingerprint density at radius 3 is 3.00 bits per heavy atom. The Labute approximate surface area is 93.9 Å². The first kappa shape index (κ1) is 10.0. The zero-order valence-corrected chi connectivity index (χ0v) is 9.06. The molecule has 16 heavy (non-hydrogen) atoms. The largest absolute Gasteiger partial charge is 0.392 e. The van der Waals surface area contributed by atoms with E-state index in [1.807, 2.05) is 0 Å². The summed E-state index contributed by atoms with van der Waals surface area (Å²) in [5.74, 6) is 1.16. The lowest BCUT2D eigenvalue weighted by Gasteiger charge is -2.29. The van der Waals surface area contributed by atoms with Crippen LogP contribution in [0.1, 0.15) is 24.8 Å². The fourth-order valence-corrected chi connectivity index (χ4v) is 3.03. The van der Waals surface area contributed by atoms with Gasteiger partial charge >= 0.3 is 0 Å². The van der Waals surface area contributed by atoms with Crippen molar-refractivity contribution in [3.8, 4) is 0 Å². The summed E-state index contributed by atoms with van der Waals surface area (Å²) < 4.78 is 13.0. The molecule has 1 aliphatic heterocycles. The Balaban J connectivity index is 1.94.